The van der Waals surface area contributed by atoms with E-state index in [4.69, 9.17) is 10.2 Å². The van der Waals surface area contributed by atoms with Gasteiger partial charge in [-0.1, -0.05) is 18.2 Å². The maximum Gasteiger partial charge on any atom is 0.134 e. The molecule has 1 aromatic heterocycles. The third-order valence-corrected chi connectivity index (χ3v) is 3.08. The van der Waals surface area contributed by atoms with E-state index in [1.54, 1.807) is 0 Å². The van der Waals surface area contributed by atoms with Crippen molar-refractivity contribution in [2.45, 2.75) is 25.3 Å². The fourth-order valence-corrected chi connectivity index (χ4v) is 2.01. The molecule has 1 aliphatic carbocycles. The summed E-state index contributed by atoms with van der Waals surface area (Å²) in [6.07, 6.45) is 2.10. The number of aryl methyl sites for hydroxylation is 1. The van der Waals surface area contributed by atoms with E-state index >= 15 is 0 Å². The van der Waals surface area contributed by atoms with Crippen molar-refractivity contribution >= 4 is 11.0 Å². The lowest BCUT2D eigenvalue weighted by molar-refractivity contribution is 0.482. The second-order valence-electron chi connectivity index (χ2n) is 4.21. The predicted octanol–water partition coefficient (Wildman–Crippen LogP) is 2.69. The highest BCUT2D eigenvalue weighted by atomic mass is 16.3. The Morgan fingerprint density at radius 2 is 2.00 bits per heavy atom. The Kier molecular flexibility index (Phi) is 1.38. The highest BCUT2D eigenvalue weighted by Gasteiger charge is 2.44. The van der Waals surface area contributed by atoms with E-state index in [2.05, 4.69) is 13.0 Å². The molecule has 0 unspecified atom stereocenters. The normalized spacial score (nSPS) is 18.7. The van der Waals surface area contributed by atoms with Crippen LogP contribution in [0.25, 0.3) is 11.0 Å². The smallest absolute Gasteiger partial charge is 0.134 e. The number of hydrogen-bond donors (Lipinski definition) is 1. The maximum atomic E-state index is 6.14. The summed E-state index contributed by atoms with van der Waals surface area (Å²) in [5.41, 5.74) is 8.14. The zero-order chi connectivity index (χ0) is 9.76. The van der Waals surface area contributed by atoms with Crippen LogP contribution in [0.5, 0.6) is 0 Å². The van der Waals surface area contributed by atoms with Crippen molar-refractivity contribution in [3.63, 3.8) is 0 Å². The van der Waals surface area contributed by atoms with Crippen LogP contribution in [0.15, 0.2) is 28.7 Å². The summed E-state index contributed by atoms with van der Waals surface area (Å²) in [6.45, 7) is 2.09. The van der Waals surface area contributed by atoms with E-state index < -0.39 is 0 Å². The lowest BCUT2D eigenvalue weighted by atomic mass is 10.1. The van der Waals surface area contributed by atoms with E-state index in [0.29, 0.717) is 0 Å². The minimum absolute atomic E-state index is 0.164. The summed E-state index contributed by atoms with van der Waals surface area (Å²) in [4.78, 5) is 0. The first-order valence-corrected chi connectivity index (χ1v) is 4.98. The molecule has 1 aliphatic rings. The molecular weight excluding hydrogens is 174 g/mol. The zero-order valence-electron chi connectivity index (χ0n) is 8.21. The van der Waals surface area contributed by atoms with Gasteiger partial charge in [0.25, 0.3) is 0 Å². The van der Waals surface area contributed by atoms with Crippen LogP contribution < -0.4 is 5.73 Å². The summed E-state index contributed by atoms with van der Waals surface area (Å²) in [6, 6.07) is 8.11. The highest BCUT2D eigenvalue weighted by molar-refractivity contribution is 5.82. The largest absolute Gasteiger partial charge is 0.459 e. The van der Waals surface area contributed by atoms with Gasteiger partial charge in [0.15, 0.2) is 0 Å². The Labute approximate surface area is 82.7 Å². The predicted molar refractivity (Wildman–Crippen MR) is 56.1 cm³/mol. The summed E-state index contributed by atoms with van der Waals surface area (Å²) >= 11 is 0. The number of fused-ring (bicyclic) bond motifs is 1. The third kappa shape index (κ3) is 0.946. The molecule has 14 heavy (non-hydrogen) atoms. The topological polar surface area (TPSA) is 39.2 Å². The summed E-state index contributed by atoms with van der Waals surface area (Å²) in [7, 11) is 0. The first kappa shape index (κ1) is 8.06. The van der Waals surface area contributed by atoms with E-state index in [9.17, 15) is 0 Å². The number of nitrogens with two attached hydrogens (primary N) is 1. The number of furan rings is 1. The first-order chi connectivity index (χ1) is 6.71. The van der Waals surface area contributed by atoms with Crippen LogP contribution in [0.2, 0.25) is 0 Å². The average molecular weight is 187 g/mol. The highest BCUT2D eigenvalue weighted by Crippen LogP contribution is 2.46. The second-order valence-corrected chi connectivity index (χ2v) is 4.21. The van der Waals surface area contributed by atoms with Gasteiger partial charge in [0.2, 0.25) is 0 Å². The molecule has 0 aliphatic heterocycles. The van der Waals surface area contributed by atoms with E-state index in [1.807, 2.05) is 18.2 Å². The molecule has 1 fully saturated rings. The van der Waals surface area contributed by atoms with Crippen molar-refractivity contribution in [2.75, 3.05) is 0 Å². The summed E-state index contributed by atoms with van der Waals surface area (Å²) in [5.74, 6) is 0.985. The molecule has 0 radical (unpaired) electrons. The molecule has 0 spiro atoms. The van der Waals surface area contributed by atoms with Gasteiger partial charge in [-0.05, 0) is 25.8 Å². The fraction of sp³-hybridized carbons (Fsp3) is 0.333. The SMILES string of the molecule is Cc1c(C2(N)CC2)oc2ccccc12. The van der Waals surface area contributed by atoms with Crippen molar-refractivity contribution in [2.24, 2.45) is 5.73 Å². The van der Waals surface area contributed by atoms with E-state index in [1.165, 1.54) is 10.9 Å². The van der Waals surface area contributed by atoms with Gasteiger partial charge in [0, 0.05) is 10.9 Å². The number of benzene rings is 1. The van der Waals surface area contributed by atoms with Crippen molar-refractivity contribution in [3.8, 4) is 0 Å². The number of rotatable bonds is 1. The van der Waals surface area contributed by atoms with Gasteiger partial charge >= 0.3 is 0 Å². The quantitative estimate of drug-likeness (QED) is 0.745. The van der Waals surface area contributed by atoms with Crippen molar-refractivity contribution < 1.29 is 4.42 Å². The Morgan fingerprint density at radius 1 is 1.29 bits per heavy atom. The minimum Gasteiger partial charge on any atom is -0.459 e. The molecule has 0 bridgehead atoms. The van der Waals surface area contributed by atoms with Crippen LogP contribution in [-0.4, -0.2) is 0 Å². The van der Waals surface area contributed by atoms with Gasteiger partial charge in [-0.3, -0.25) is 0 Å². The molecule has 1 heterocycles. The number of hydrogen-bond acceptors (Lipinski definition) is 2. The van der Waals surface area contributed by atoms with Gasteiger partial charge in [0.05, 0.1) is 5.54 Å². The lowest BCUT2D eigenvalue weighted by Crippen LogP contribution is -2.18. The molecule has 1 saturated carbocycles. The molecular formula is C12H13NO. The third-order valence-electron chi connectivity index (χ3n) is 3.08. The van der Waals surface area contributed by atoms with Gasteiger partial charge in [-0.2, -0.15) is 0 Å². The summed E-state index contributed by atoms with van der Waals surface area (Å²) in [5, 5.41) is 1.19. The van der Waals surface area contributed by atoms with Gasteiger partial charge in [-0.15, -0.1) is 0 Å². The van der Waals surface area contributed by atoms with Crippen LogP contribution in [0, 0.1) is 6.92 Å². The maximum absolute atomic E-state index is 6.14. The lowest BCUT2D eigenvalue weighted by Gasteiger charge is -2.04. The monoisotopic (exact) mass is 187 g/mol. The molecule has 1 aromatic carbocycles. The first-order valence-electron chi connectivity index (χ1n) is 4.98. The molecule has 0 atom stereocenters. The van der Waals surface area contributed by atoms with E-state index in [0.717, 1.165) is 24.2 Å². The molecule has 2 N–H and O–H groups in total. The van der Waals surface area contributed by atoms with Crippen LogP contribution in [0.4, 0.5) is 0 Å². The molecule has 3 rings (SSSR count). The fourth-order valence-electron chi connectivity index (χ4n) is 2.01. The Hall–Kier alpha value is -1.28. The minimum atomic E-state index is -0.164. The molecule has 2 nitrogen and oxygen atoms in total. The Morgan fingerprint density at radius 3 is 2.64 bits per heavy atom. The molecule has 0 saturated heterocycles. The van der Waals surface area contributed by atoms with Crippen LogP contribution in [-0.2, 0) is 5.54 Å². The van der Waals surface area contributed by atoms with Crippen molar-refractivity contribution in [3.05, 3.63) is 35.6 Å². The van der Waals surface area contributed by atoms with Crippen LogP contribution in [0.1, 0.15) is 24.2 Å². The second kappa shape index (κ2) is 2.39. The summed E-state index contributed by atoms with van der Waals surface area (Å²) < 4.78 is 5.80. The molecule has 72 valence electrons. The molecule has 0 amide bonds. The van der Waals surface area contributed by atoms with Crippen molar-refractivity contribution in [1.82, 2.24) is 0 Å². The van der Waals surface area contributed by atoms with Gasteiger partial charge in [-0.25, -0.2) is 0 Å². The Bertz CT molecular complexity index is 494. The van der Waals surface area contributed by atoms with Crippen molar-refractivity contribution in [1.29, 1.82) is 0 Å². The van der Waals surface area contributed by atoms with Crippen LogP contribution in [0.3, 0.4) is 0 Å². The van der Waals surface area contributed by atoms with Crippen LogP contribution >= 0.6 is 0 Å². The standard InChI is InChI=1S/C12H13NO/c1-8-9-4-2-3-5-10(9)14-11(8)12(13)6-7-12/h2-5H,6-7,13H2,1H3. The zero-order valence-corrected chi connectivity index (χ0v) is 8.21. The van der Waals surface area contributed by atoms with Gasteiger partial charge in [0.1, 0.15) is 11.3 Å². The average Bonchev–Trinajstić information content (AvgIpc) is 2.84. The van der Waals surface area contributed by atoms with E-state index in [-0.39, 0.29) is 5.54 Å². The number of para-hydroxylation sites is 1. The van der Waals surface area contributed by atoms with Gasteiger partial charge < -0.3 is 10.2 Å². The Balaban J connectivity index is 2.31. The molecule has 2 aromatic rings. The molecule has 2 heteroatoms.